The van der Waals surface area contributed by atoms with Gasteiger partial charge in [0, 0.05) is 25.0 Å². The van der Waals surface area contributed by atoms with Gasteiger partial charge in [0.1, 0.15) is 0 Å². The molecule has 0 amide bonds. The average Bonchev–Trinajstić information content (AvgIpc) is 2.54. The zero-order valence-corrected chi connectivity index (χ0v) is 14.9. The van der Waals surface area contributed by atoms with Crippen LogP contribution in [-0.2, 0) is 9.84 Å². The van der Waals surface area contributed by atoms with E-state index in [1.165, 1.54) is 24.4 Å². The molecule has 124 valence electrons. The van der Waals surface area contributed by atoms with Gasteiger partial charge in [-0.05, 0) is 43.7 Å². The number of anilines is 1. The van der Waals surface area contributed by atoms with Gasteiger partial charge in [0.15, 0.2) is 21.2 Å². The molecule has 0 unspecified atom stereocenters. The first kappa shape index (κ1) is 17.6. The van der Waals surface area contributed by atoms with E-state index in [1.54, 1.807) is 18.4 Å². The topological polar surface area (TPSA) is 85.6 Å². The summed E-state index contributed by atoms with van der Waals surface area (Å²) >= 11 is 1.26. The van der Waals surface area contributed by atoms with Gasteiger partial charge in [-0.3, -0.25) is 5.32 Å². The van der Waals surface area contributed by atoms with E-state index in [2.05, 4.69) is 15.2 Å². The molecule has 23 heavy (non-hydrogen) atoms. The van der Waals surface area contributed by atoms with Crippen LogP contribution in [0.1, 0.15) is 19.3 Å². The summed E-state index contributed by atoms with van der Waals surface area (Å²) in [6.07, 6.45) is 8.26. The summed E-state index contributed by atoms with van der Waals surface area (Å²) in [5.41, 5.74) is 1.33. The standard InChI is InChI=1S/C15H20N4O2S2/c1-22-15(17-11-16)18-13-10-12(19-8-4-3-5-9-19)6-7-14(13)23(2,20)21/h6-7,10H,3-5,8-9H2,1-2H3,(H,17,18). The van der Waals surface area contributed by atoms with E-state index in [9.17, 15) is 8.42 Å². The molecule has 1 aromatic carbocycles. The van der Waals surface area contributed by atoms with Crippen molar-refractivity contribution < 1.29 is 8.42 Å². The van der Waals surface area contributed by atoms with Crippen LogP contribution in [0.4, 0.5) is 11.4 Å². The third-order valence-electron chi connectivity index (χ3n) is 3.64. The molecule has 1 fully saturated rings. The van der Waals surface area contributed by atoms with Crippen molar-refractivity contribution in [2.45, 2.75) is 24.2 Å². The second-order valence-electron chi connectivity index (χ2n) is 5.33. The van der Waals surface area contributed by atoms with Crippen LogP contribution >= 0.6 is 11.8 Å². The van der Waals surface area contributed by atoms with Gasteiger partial charge < -0.3 is 4.90 Å². The van der Waals surface area contributed by atoms with E-state index in [0.717, 1.165) is 31.6 Å². The molecule has 0 atom stereocenters. The second-order valence-corrected chi connectivity index (χ2v) is 8.11. The fourth-order valence-corrected chi connectivity index (χ4v) is 3.67. The van der Waals surface area contributed by atoms with Crippen LogP contribution in [0.15, 0.2) is 28.1 Å². The molecule has 1 aromatic rings. The second kappa shape index (κ2) is 7.70. The van der Waals surface area contributed by atoms with Crippen LogP contribution in [0.2, 0.25) is 0 Å². The van der Waals surface area contributed by atoms with E-state index in [-0.39, 0.29) is 4.90 Å². The van der Waals surface area contributed by atoms with Crippen molar-refractivity contribution in [1.29, 1.82) is 5.26 Å². The summed E-state index contributed by atoms with van der Waals surface area (Å²) in [6, 6.07) is 5.22. The molecule has 0 aliphatic carbocycles. The Hall–Kier alpha value is -1.72. The van der Waals surface area contributed by atoms with Gasteiger partial charge >= 0.3 is 0 Å². The van der Waals surface area contributed by atoms with E-state index in [1.807, 2.05) is 12.3 Å². The van der Waals surface area contributed by atoms with Crippen molar-refractivity contribution in [2.24, 2.45) is 4.99 Å². The lowest BCUT2D eigenvalue weighted by Crippen LogP contribution is -2.29. The molecule has 6 nitrogen and oxygen atoms in total. The van der Waals surface area contributed by atoms with Crippen molar-refractivity contribution in [1.82, 2.24) is 5.32 Å². The minimum Gasteiger partial charge on any atom is -0.371 e. The summed E-state index contributed by atoms with van der Waals surface area (Å²) in [7, 11) is -3.40. The number of aliphatic imine (C=N–C) groups is 1. The molecule has 1 aliphatic heterocycles. The zero-order chi connectivity index (χ0) is 16.9. The van der Waals surface area contributed by atoms with Gasteiger partial charge in [-0.2, -0.15) is 5.26 Å². The van der Waals surface area contributed by atoms with E-state index in [4.69, 9.17) is 5.26 Å². The van der Waals surface area contributed by atoms with Crippen molar-refractivity contribution in [3.05, 3.63) is 18.2 Å². The smallest absolute Gasteiger partial charge is 0.183 e. The molecule has 1 aliphatic rings. The number of nitrogens with zero attached hydrogens (tertiary/aromatic N) is 3. The minimum absolute atomic E-state index is 0.171. The SMILES string of the molecule is CSC(=Nc1cc(N2CCCCC2)ccc1S(C)(=O)=O)NC#N. The number of thioether (sulfide) groups is 1. The third-order valence-corrected chi connectivity index (χ3v) is 5.37. The number of amidine groups is 1. The fourth-order valence-electron chi connectivity index (χ4n) is 2.54. The van der Waals surface area contributed by atoms with E-state index >= 15 is 0 Å². The summed E-state index contributed by atoms with van der Waals surface area (Å²) < 4.78 is 24.0. The van der Waals surface area contributed by atoms with Gasteiger partial charge in [0.25, 0.3) is 0 Å². The molecule has 0 bridgehead atoms. The Labute approximate surface area is 141 Å². The highest BCUT2D eigenvalue weighted by Crippen LogP contribution is 2.31. The number of nitriles is 1. The van der Waals surface area contributed by atoms with Gasteiger partial charge in [-0.1, -0.05) is 11.8 Å². The normalized spacial score (nSPS) is 16.0. The fraction of sp³-hybridized carbons (Fsp3) is 0.467. The monoisotopic (exact) mass is 352 g/mol. The Bertz CT molecular complexity index is 732. The molecular weight excluding hydrogens is 332 g/mol. The van der Waals surface area contributed by atoms with Crippen molar-refractivity contribution in [3.8, 4) is 6.19 Å². The van der Waals surface area contributed by atoms with Crippen LogP contribution in [0.5, 0.6) is 0 Å². The van der Waals surface area contributed by atoms with Crippen LogP contribution in [0.3, 0.4) is 0 Å². The molecule has 2 rings (SSSR count). The lowest BCUT2D eigenvalue weighted by atomic mass is 10.1. The maximum atomic E-state index is 12.0. The number of hydrogen-bond acceptors (Lipinski definition) is 6. The minimum atomic E-state index is -3.40. The highest BCUT2D eigenvalue weighted by molar-refractivity contribution is 8.13. The maximum Gasteiger partial charge on any atom is 0.183 e. The highest BCUT2D eigenvalue weighted by atomic mass is 32.2. The Morgan fingerprint density at radius 2 is 2.04 bits per heavy atom. The molecule has 1 heterocycles. The number of benzene rings is 1. The molecule has 1 saturated heterocycles. The van der Waals surface area contributed by atoms with Gasteiger partial charge in [0.05, 0.1) is 10.6 Å². The Morgan fingerprint density at radius 1 is 1.35 bits per heavy atom. The van der Waals surface area contributed by atoms with E-state index < -0.39 is 9.84 Å². The van der Waals surface area contributed by atoms with Crippen LogP contribution in [0, 0.1) is 11.5 Å². The number of piperidine rings is 1. The van der Waals surface area contributed by atoms with Crippen molar-refractivity contribution in [2.75, 3.05) is 30.5 Å². The molecule has 0 saturated carbocycles. The Morgan fingerprint density at radius 3 is 2.61 bits per heavy atom. The zero-order valence-electron chi connectivity index (χ0n) is 13.2. The predicted molar refractivity (Wildman–Crippen MR) is 95.0 cm³/mol. The summed E-state index contributed by atoms with van der Waals surface area (Å²) in [4.78, 5) is 6.74. The van der Waals surface area contributed by atoms with E-state index in [0.29, 0.717) is 10.9 Å². The first-order chi connectivity index (χ1) is 11.0. The summed E-state index contributed by atoms with van der Waals surface area (Å²) in [5, 5.41) is 11.6. The molecular formula is C15H20N4O2S2. The first-order valence-electron chi connectivity index (χ1n) is 7.32. The van der Waals surface area contributed by atoms with Crippen LogP contribution in [0.25, 0.3) is 0 Å². The maximum absolute atomic E-state index is 12.0. The average molecular weight is 352 g/mol. The number of nitrogens with one attached hydrogen (secondary N) is 1. The summed E-state index contributed by atoms with van der Waals surface area (Å²) in [5.74, 6) is 0. The molecule has 0 spiro atoms. The third kappa shape index (κ3) is 4.62. The molecule has 0 radical (unpaired) electrons. The number of sulfone groups is 1. The van der Waals surface area contributed by atoms with Gasteiger partial charge in [-0.25, -0.2) is 13.4 Å². The van der Waals surface area contributed by atoms with Gasteiger partial charge in [-0.15, -0.1) is 0 Å². The Kier molecular flexibility index (Phi) is 5.91. The first-order valence-corrected chi connectivity index (χ1v) is 10.4. The van der Waals surface area contributed by atoms with Crippen LogP contribution in [-0.4, -0.2) is 39.2 Å². The molecule has 8 heteroatoms. The lowest BCUT2D eigenvalue weighted by molar-refractivity contribution is 0.577. The van der Waals surface area contributed by atoms with Crippen molar-refractivity contribution in [3.63, 3.8) is 0 Å². The predicted octanol–water partition coefficient (Wildman–Crippen LogP) is 2.50. The number of rotatable bonds is 3. The highest BCUT2D eigenvalue weighted by Gasteiger charge is 2.17. The number of hydrogen-bond donors (Lipinski definition) is 1. The summed E-state index contributed by atoms with van der Waals surface area (Å²) in [6.45, 7) is 1.93. The largest absolute Gasteiger partial charge is 0.371 e. The van der Waals surface area contributed by atoms with Gasteiger partial charge in [0.2, 0.25) is 0 Å². The van der Waals surface area contributed by atoms with Crippen molar-refractivity contribution >= 4 is 38.1 Å². The quantitative estimate of drug-likeness (QED) is 0.389. The molecule has 0 aromatic heterocycles. The lowest BCUT2D eigenvalue weighted by Gasteiger charge is -2.29. The van der Waals surface area contributed by atoms with Crippen LogP contribution < -0.4 is 10.2 Å². The Balaban J connectivity index is 2.48. The molecule has 1 N–H and O–H groups in total.